The molecule has 3 nitrogen and oxygen atoms in total. The van der Waals surface area contributed by atoms with Crippen LogP contribution in [0.15, 0.2) is 24.3 Å². The van der Waals surface area contributed by atoms with Crippen molar-refractivity contribution in [2.75, 3.05) is 13.7 Å². The maximum atomic E-state index is 8.71. The molecule has 1 rings (SSSR count). The van der Waals surface area contributed by atoms with E-state index in [1.54, 1.807) is 7.11 Å². The van der Waals surface area contributed by atoms with Gasteiger partial charge in [-0.25, -0.2) is 0 Å². The summed E-state index contributed by atoms with van der Waals surface area (Å²) in [6.07, 6.45) is 0.771. The van der Waals surface area contributed by atoms with E-state index in [0.29, 0.717) is 13.0 Å². The highest BCUT2D eigenvalue weighted by atomic mass is 16.5. The Morgan fingerprint density at radius 3 is 2.47 bits per heavy atom. The van der Waals surface area contributed by atoms with Gasteiger partial charge in [0.05, 0.1) is 19.8 Å². The van der Waals surface area contributed by atoms with Gasteiger partial charge in [-0.1, -0.05) is 12.1 Å². The van der Waals surface area contributed by atoms with Gasteiger partial charge in [0, 0.05) is 6.61 Å². The van der Waals surface area contributed by atoms with E-state index in [1.165, 1.54) is 0 Å². The smallest absolute Gasteiger partial charge is 0.118 e. The van der Waals surface area contributed by atoms with Crippen LogP contribution < -0.4 is 4.74 Å². The lowest BCUT2D eigenvalue weighted by atomic mass is 10.2. The molecule has 0 saturated carbocycles. The Bertz CT molecular complexity index is 269. The highest BCUT2D eigenvalue weighted by Gasteiger charge is 2.01. The van der Waals surface area contributed by atoms with Crippen molar-refractivity contribution in [1.82, 2.24) is 0 Å². The predicted octanol–water partition coefficient (Wildman–Crippen LogP) is 1.98. The molecule has 1 atom stereocenters. The molecule has 0 radical (unpaired) electrons. The van der Waals surface area contributed by atoms with Gasteiger partial charge in [-0.2, -0.15) is 0 Å². The van der Waals surface area contributed by atoms with E-state index in [4.69, 9.17) is 14.6 Å². The summed E-state index contributed by atoms with van der Waals surface area (Å²) in [6.45, 7) is 2.70. The van der Waals surface area contributed by atoms with E-state index in [2.05, 4.69) is 0 Å². The van der Waals surface area contributed by atoms with Crippen LogP contribution in [0.3, 0.4) is 0 Å². The van der Waals surface area contributed by atoms with Crippen LogP contribution in [-0.4, -0.2) is 24.9 Å². The molecule has 0 aromatic heterocycles. The SMILES string of the molecule is COc1ccc(CO[C@H](C)CCO)cc1. The average Bonchev–Trinajstić information content (AvgIpc) is 2.27. The number of benzene rings is 1. The van der Waals surface area contributed by atoms with Crippen LogP contribution in [-0.2, 0) is 11.3 Å². The second-order valence-corrected chi connectivity index (χ2v) is 3.48. The Morgan fingerprint density at radius 1 is 1.27 bits per heavy atom. The Hall–Kier alpha value is -1.06. The van der Waals surface area contributed by atoms with Crippen molar-refractivity contribution in [3.63, 3.8) is 0 Å². The van der Waals surface area contributed by atoms with E-state index < -0.39 is 0 Å². The fraction of sp³-hybridized carbons (Fsp3) is 0.500. The Labute approximate surface area is 90.6 Å². The van der Waals surface area contributed by atoms with Gasteiger partial charge in [-0.15, -0.1) is 0 Å². The topological polar surface area (TPSA) is 38.7 Å². The Balaban J connectivity index is 2.37. The summed E-state index contributed by atoms with van der Waals surface area (Å²) in [6, 6.07) is 7.78. The van der Waals surface area contributed by atoms with Gasteiger partial charge in [0.2, 0.25) is 0 Å². The third-order valence-corrected chi connectivity index (χ3v) is 2.23. The minimum atomic E-state index is 0.0945. The van der Waals surface area contributed by atoms with Crippen LogP contribution in [0.2, 0.25) is 0 Å². The third kappa shape index (κ3) is 4.32. The van der Waals surface area contributed by atoms with Crippen molar-refractivity contribution >= 4 is 0 Å². The molecule has 0 aliphatic carbocycles. The lowest BCUT2D eigenvalue weighted by molar-refractivity contribution is 0.0363. The molecule has 0 saturated heterocycles. The summed E-state index contributed by atoms with van der Waals surface area (Å²) in [5, 5.41) is 8.71. The zero-order chi connectivity index (χ0) is 11.1. The molecule has 0 heterocycles. The summed E-state index contributed by atoms with van der Waals surface area (Å²) in [7, 11) is 1.65. The molecule has 84 valence electrons. The van der Waals surface area contributed by atoms with E-state index in [0.717, 1.165) is 11.3 Å². The van der Waals surface area contributed by atoms with E-state index >= 15 is 0 Å². The molecule has 0 spiro atoms. The highest BCUT2D eigenvalue weighted by Crippen LogP contribution is 2.12. The molecular weight excluding hydrogens is 192 g/mol. The monoisotopic (exact) mass is 210 g/mol. The number of aliphatic hydroxyl groups is 1. The van der Waals surface area contributed by atoms with Gasteiger partial charge in [-0.3, -0.25) is 0 Å². The van der Waals surface area contributed by atoms with Crippen LogP contribution in [0.1, 0.15) is 18.9 Å². The van der Waals surface area contributed by atoms with Crippen molar-refractivity contribution in [1.29, 1.82) is 0 Å². The maximum Gasteiger partial charge on any atom is 0.118 e. The molecule has 1 aromatic carbocycles. The van der Waals surface area contributed by atoms with Gasteiger partial charge in [-0.05, 0) is 31.0 Å². The molecule has 0 aliphatic rings. The van der Waals surface area contributed by atoms with Crippen LogP contribution in [0, 0.1) is 0 Å². The molecule has 0 aliphatic heterocycles. The minimum Gasteiger partial charge on any atom is -0.497 e. The minimum absolute atomic E-state index is 0.0945. The number of methoxy groups -OCH3 is 1. The molecule has 3 heteroatoms. The largest absolute Gasteiger partial charge is 0.497 e. The summed E-state index contributed by atoms with van der Waals surface area (Å²) in [5.74, 6) is 0.849. The number of rotatable bonds is 6. The first-order valence-corrected chi connectivity index (χ1v) is 5.11. The average molecular weight is 210 g/mol. The van der Waals surface area contributed by atoms with E-state index in [1.807, 2.05) is 31.2 Å². The molecule has 1 N–H and O–H groups in total. The van der Waals surface area contributed by atoms with Gasteiger partial charge >= 0.3 is 0 Å². The lowest BCUT2D eigenvalue weighted by Crippen LogP contribution is -2.09. The van der Waals surface area contributed by atoms with E-state index in [-0.39, 0.29) is 12.7 Å². The molecular formula is C12H18O3. The molecule has 0 bridgehead atoms. The molecule has 1 aromatic rings. The first kappa shape index (κ1) is 12.0. The fourth-order valence-electron chi connectivity index (χ4n) is 1.23. The van der Waals surface area contributed by atoms with Crippen LogP contribution in [0.5, 0.6) is 5.75 Å². The summed E-state index contributed by atoms with van der Waals surface area (Å²) in [4.78, 5) is 0. The molecule has 0 unspecified atom stereocenters. The van der Waals surface area contributed by atoms with Crippen molar-refractivity contribution in [3.8, 4) is 5.75 Å². The molecule has 15 heavy (non-hydrogen) atoms. The lowest BCUT2D eigenvalue weighted by Gasteiger charge is -2.11. The van der Waals surface area contributed by atoms with Gasteiger partial charge < -0.3 is 14.6 Å². The molecule has 0 fully saturated rings. The summed E-state index contributed by atoms with van der Waals surface area (Å²) < 4.78 is 10.6. The maximum absolute atomic E-state index is 8.71. The first-order valence-electron chi connectivity index (χ1n) is 5.11. The van der Waals surface area contributed by atoms with E-state index in [9.17, 15) is 0 Å². The Kier molecular flexibility index (Phi) is 5.15. The first-order chi connectivity index (χ1) is 7.26. The van der Waals surface area contributed by atoms with Crippen molar-refractivity contribution in [2.24, 2.45) is 0 Å². The summed E-state index contributed by atoms with van der Waals surface area (Å²) in [5.41, 5.74) is 1.11. The second kappa shape index (κ2) is 6.43. The van der Waals surface area contributed by atoms with Gasteiger partial charge in [0.15, 0.2) is 0 Å². The highest BCUT2D eigenvalue weighted by molar-refractivity contribution is 5.26. The van der Waals surface area contributed by atoms with Crippen molar-refractivity contribution in [2.45, 2.75) is 26.1 Å². The Morgan fingerprint density at radius 2 is 1.93 bits per heavy atom. The van der Waals surface area contributed by atoms with Gasteiger partial charge in [0.1, 0.15) is 5.75 Å². The van der Waals surface area contributed by atoms with Crippen molar-refractivity contribution in [3.05, 3.63) is 29.8 Å². The molecule has 0 amide bonds. The van der Waals surface area contributed by atoms with Crippen molar-refractivity contribution < 1.29 is 14.6 Å². The second-order valence-electron chi connectivity index (χ2n) is 3.48. The van der Waals surface area contributed by atoms with Gasteiger partial charge in [0.25, 0.3) is 0 Å². The zero-order valence-electron chi connectivity index (χ0n) is 9.27. The normalized spacial score (nSPS) is 12.5. The number of ether oxygens (including phenoxy) is 2. The predicted molar refractivity (Wildman–Crippen MR) is 58.9 cm³/mol. The van der Waals surface area contributed by atoms with Crippen LogP contribution in [0.4, 0.5) is 0 Å². The standard InChI is InChI=1S/C12H18O3/c1-10(7-8-13)15-9-11-3-5-12(14-2)6-4-11/h3-6,10,13H,7-9H2,1-2H3/t10-/m1/s1. The van der Waals surface area contributed by atoms with Crippen LogP contribution in [0.25, 0.3) is 0 Å². The third-order valence-electron chi connectivity index (χ3n) is 2.23. The van der Waals surface area contributed by atoms with Crippen LogP contribution >= 0.6 is 0 Å². The summed E-state index contributed by atoms with van der Waals surface area (Å²) >= 11 is 0. The number of hydrogen-bond donors (Lipinski definition) is 1. The fourth-order valence-corrected chi connectivity index (χ4v) is 1.23. The quantitative estimate of drug-likeness (QED) is 0.780. The zero-order valence-corrected chi connectivity index (χ0v) is 9.27. The number of hydrogen-bond acceptors (Lipinski definition) is 3. The number of aliphatic hydroxyl groups excluding tert-OH is 1.